The molecule has 0 N–H and O–H groups in total. The van der Waals surface area contributed by atoms with Crippen LogP contribution in [0.15, 0.2) is 77.3 Å². The van der Waals surface area contributed by atoms with Crippen LogP contribution in [0.25, 0.3) is 0 Å². The van der Waals surface area contributed by atoms with Crippen molar-refractivity contribution in [2.45, 2.75) is 12.1 Å². The number of methoxy groups -OCH3 is 1. The highest BCUT2D eigenvalue weighted by Gasteiger charge is 2.60. The minimum atomic E-state index is -0.963. The average molecular weight is 514 g/mol. The van der Waals surface area contributed by atoms with E-state index in [1.807, 2.05) is 48.5 Å². The van der Waals surface area contributed by atoms with E-state index in [1.165, 1.54) is 4.90 Å². The molecule has 0 radical (unpaired) electrons. The molecule has 2 aliphatic rings. The Hall–Kier alpha value is -2.87. The lowest BCUT2D eigenvalue weighted by Gasteiger charge is -2.29. The van der Waals surface area contributed by atoms with Gasteiger partial charge in [-0.05, 0) is 48.5 Å². The van der Waals surface area contributed by atoms with Gasteiger partial charge in [0.1, 0.15) is 11.7 Å². The van der Waals surface area contributed by atoms with Crippen molar-refractivity contribution in [1.82, 2.24) is 0 Å². The van der Waals surface area contributed by atoms with Crippen molar-refractivity contribution < 1.29 is 19.2 Å². The van der Waals surface area contributed by atoms with Gasteiger partial charge in [0.05, 0.1) is 24.5 Å². The first-order chi connectivity index (χ1) is 15.5. The molecule has 2 saturated heterocycles. The number of hydrogen-bond acceptors (Lipinski definition) is 5. The third-order valence-corrected chi connectivity index (χ3v) is 6.43. The molecule has 0 unspecified atom stereocenters. The van der Waals surface area contributed by atoms with Crippen LogP contribution < -0.4 is 14.7 Å². The predicted molar refractivity (Wildman–Crippen MR) is 125 cm³/mol. The lowest BCUT2D eigenvalue weighted by atomic mass is 9.90. The molecule has 5 rings (SSSR count). The van der Waals surface area contributed by atoms with Crippen LogP contribution in [-0.4, -0.2) is 25.0 Å². The van der Waals surface area contributed by atoms with Gasteiger partial charge in [-0.25, -0.2) is 9.96 Å². The van der Waals surface area contributed by atoms with E-state index in [2.05, 4.69) is 15.9 Å². The number of hydroxylamine groups is 1. The molecule has 2 amide bonds. The number of imide groups is 1. The number of fused-ring (bicyclic) bond motifs is 1. The standard InChI is InChI=1S/C24H18BrClN2O4/c1-31-19-11-10-14(25)12-18(19)21-20-22(32-28(21)16-7-3-2-4-8-16)24(30)27(23(20)29)17-9-5-6-15(26)13-17/h2-13,20-22H,1H3/t20-,21-,22-/m1/s1. The summed E-state index contributed by atoms with van der Waals surface area (Å²) in [5.74, 6) is -0.915. The summed E-state index contributed by atoms with van der Waals surface area (Å²) in [6.07, 6.45) is -0.963. The number of nitrogens with zero attached hydrogens (tertiary/aromatic N) is 2. The molecule has 0 saturated carbocycles. The Morgan fingerprint density at radius 2 is 1.69 bits per heavy atom. The summed E-state index contributed by atoms with van der Waals surface area (Å²) in [6.45, 7) is 0. The van der Waals surface area contributed by atoms with E-state index in [9.17, 15) is 9.59 Å². The van der Waals surface area contributed by atoms with Crippen LogP contribution in [0.5, 0.6) is 5.75 Å². The first kappa shape index (κ1) is 21.0. The van der Waals surface area contributed by atoms with Gasteiger partial charge < -0.3 is 4.74 Å². The van der Waals surface area contributed by atoms with Gasteiger partial charge in [-0.2, -0.15) is 0 Å². The van der Waals surface area contributed by atoms with E-state index >= 15 is 0 Å². The molecule has 8 heteroatoms. The van der Waals surface area contributed by atoms with Crippen LogP contribution in [-0.2, 0) is 14.4 Å². The number of benzene rings is 3. The second-order valence-corrected chi connectivity index (χ2v) is 8.89. The Kier molecular flexibility index (Phi) is 5.41. The largest absolute Gasteiger partial charge is 0.496 e. The van der Waals surface area contributed by atoms with E-state index in [-0.39, 0.29) is 5.91 Å². The molecule has 3 aromatic rings. The van der Waals surface area contributed by atoms with Crippen LogP contribution in [0, 0.1) is 5.92 Å². The lowest BCUT2D eigenvalue weighted by Crippen LogP contribution is -2.37. The number of carbonyl (C=O) groups is 2. The zero-order valence-corrected chi connectivity index (χ0v) is 19.3. The van der Waals surface area contributed by atoms with Crippen molar-refractivity contribution in [3.05, 3.63) is 87.9 Å². The van der Waals surface area contributed by atoms with E-state index in [0.717, 1.165) is 15.7 Å². The Morgan fingerprint density at radius 3 is 2.41 bits per heavy atom. The topological polar surface area (TPSA) is 59.1 Å². The first-order valence-corrected chi connectivity index (χ1v) is 11.1. The normalized spacial score (nSPS) is 22.4. The molecule has 0 aliphatic carbocycles. The number of hydrogen-bond donors (Lipinski definition) is 0. The van der Waals surface area contributed by atoms with Crippen molar-refractivity contribution in [3.63, 3.8) is 0 Å². The van der Waals surface area contributed by atoms with E-state index in [4.69, 9.17) is 21.2 Å². The maximum absolute atomic E-state index is 13.7. The molecular formula is C24H18BrClN2O4. The third kappa shape index (κ3) is 3.37. The van der Waals surface area contributed by atoms with Crippen molar-refractivity contribution in [2.24, 2.45) is 5.92 Å². The minimum Gasteiger partial charge on any atom is -0.496 e. The predicted octanol–water partition coefficient (Wildman–Crippen LogP) is 5.16. The van der Waals surface area contributed by atoms with Crippen molar-refractivity contribution in [3.8, 4) is 5.75 Å². The monoisotopic (exact) mass is 512 g/mol. The van der Waals surface area contributed by atoms with Gasteiger partial charge in [-0.1, -0.05) is 51.8 Å². The van der Waals surface area contributed by atoms with Gasteiger partial charge in [-0.3, -0.25) is 14.4 Å². The Labute approximate surface area is 198 Å². The van der Waals surface area contributed by atoms with Gasteiger partial charge in [0.25, 0.3) is 5.91 Å². The molecule has 162 valence electrons. The van der Waals surface area contributed by atoms with Gasteiger partial charge in [-0.15, -0.1) is 0 Å². The maximum Gasteiger partial charge on any atom is 0.266 e. The quantitative estimate of drug-likeness (QED) is 0.451. The Morgan fingerprint density at radius 1 is 0.938 bits per heavy atom. The summed E-state index contributed by atoms with van der Waals surface area (Å²) >= 11 is 9.63. The second-order valence-electron chi connectivity index (χ2n) is 7.54. The summed E-state index contributed by atoms with van der Waals surface area (Å²) in [5.41, 5.74) is 1.91. The summed E-state index contributed by atoms with van der Waals surface area (Å²) in [6, 6.07) is 21.1. The number of ether oxygens (including phenoxy) is 1. The molecule has 32 heavy (non-hydrogen) atoms. The zero-order chi connectivity index (χ0) is 22.4. The fourth-order valence-electron chi connectivity index (χ4n) is 4.34. The third-order valence-electron chi connectivity index (χ3n) is 5.70. The maximum atomic E-state index is 13.7. The van der Waals surface area contributed by atoms with Gasteiger partial charge in [0.15, 0.2) is 6.10 Å². The molecule has 2 aliphatic heterocycles. The van der Waals surface area contributed by atoms with Crippen LogP contribution in [0.3, 0.4) is 0 Å². The minimum absolute atomic E-state index is 0.340. The molecule has 2 fully saturated rings. The van der Waals surface area contributed by atoms with E-state index < -0.39 is 24.0 Å². The summed E-state index contributed by atoms with van der Waals surface area (Å²) in [7, 11) is 1.58. The molecule has 6 nitrogen and oxygen atoms in total. The fraction of sp³-hybridized carbons (Fsp3) is 0.167. The number of rotatable bonds is 4. The summed E-state index contributed by atoms with van der Waals surface area (Å²) < 4.78 is 6.43. The fourth-order valence-corrected chi connectivity index (χ4v) is 4.90. The van der Waals surface area contributed by atoms with Gasteiger partial charge in [0, 0.05) is 15.1 Å². The molecule has 0 aromatic heterocycles. The van der Waals surface area contributed by atoms with Crippen LogP contribution >= 0.6 is 27.5 Å². The highest BCUT2D eigenvalue weighted by atomic mass is 79.9. The molecule has 0 bridgehead atoms. The number of para-hydroxylation sites is 1. The molecule has 3 aromatic carbocycles. The Bertz CT molecular complexity index is 1210. The highest BCUT2D eigenvalue weighted by molar-refractivity contribution is 9.10. The second kappa shape index (κ2) is 8.24. The smallest absolute Gasteiger partial charge is 0.266 e. The first-order valence-electron chi connectivity index (χ1n) is 9.97. The van der Waals surface area contributed by atoms with Crippen LogP contribution in [0.4, 0.5) is 11.4 Å². The highest BCUT2D eigenvalue weighted by Crippen LogP contribution is 2.50. The number of halogens is 2. The number of carbonyl (C=O) groups excluding carboxylic acids is 2. The molecule has 0 spiro atoms. The Balaban J connectivity index is 1.64. The number of amides is 2. The SMILES string of the molecule is COc1ccc(Br)cc1[C@@H]1[C@H]2C(=O)N(c3cccc(Cl)c3)C(=O)[C@@H]2ON1c1ccccc1. The van der Waals surface area contributed by atoms with Crippen LogP contribution in [0.2, 0.25) is 5.02 Å². The van der Waals surface area contributed by atoms with Crippen molar-refractivity contribution >= 4 is 50.7 Å². The summed E-state index contributed by atoms with van der Waals surface area (Å²) in [5, 5.41) is 2.09. The van der Waals surface area contributed by atoms with Gasteiger partial charge in [0.2, 0.25) is 5.91 Å². The van der Waals surface area contributed by atoms with Crippen molar-refractivity contribution in [2.75, 3.05) is 17.1 Å². The molecule has 3 atom stereocenters. The van der Waals surface area contributed by atoms with Crippen molar-refractivity contribution in [1.29, 1.82) is 0 Å². The zero-order valence-electron chi connectivity index (χ0n) is 16.9. The lowest BCUT2D eigenvalue weighted by molar-refractivity contribution is -0.126. The van der Waals surface area contributed by atoms with Crippen LogP contribution in [0.1, 0.15) is 11.6 Å². The van der Waals surface area contributed by atoms with E-state index in [0.29, 0.717) is 16.5 Å². The summed E-state index contributed by atoms with van der Waals surface area (Å²) in [4.78, 5) is 34.3. The van der Waals surface area contributed by atoms with Gasteiger partial charge >= 0.3 is 0 Å². The molecular weight excluding hydrogens is 496 g/mol. The number of anilines is 2. The average Bonchev–Trinajstić information content (AvgIpc) is 3.30. The molecule has 2 heterocycles. The van der Waals surface area contributed by atoms with E-state index in [1.54, 1.807) is 36.4 Å².